The number of esters is 1. The van der Waals surface area contributed by atoms with Crippen LogP contribution in [0.3, 0.4) is 0 Å². The maximum Gasteiger partial charge on any atom is 0.333 e. The molecule has 4 nitrogen and oxygen atoms in total. The van der Waals surface area contributed by atoms with E-state index in [0.717, 1.165) is 25.7 Å². The summed E-state index contributed by atoms with van der Waals surface area (Å²) in [5.41, 5.74) is 1.10. The summed E-state index contributed by atoms with van der Waals surface area (Å²) in [6.07, 6.45) is 4.58. The first-order valence-corrected chi connectivity index (χ1v) is 7.18. The topological polar surface area (TPSA) is 66.8 Å². The number of aliphatic hydroxyl groups excluding tert-OH is 2. The molecule has 0 rings (SSSR count). The van der Waals surface area contributed by atoms with Crippen LogP contribution in [0.25, 0.3) is 0 Å². The molecule has 0 heterocycles. The fourth-order valence-corrected chi connectivity index (χ4v) is 1.71. The van der Waals surface area contributed by atoms with E-state index in [1.807, 2.05) is 0 Å². The van der Waals surface area contributed by atoms with Crippen molar-refractivity contribution in [1.82, 2.24) is 0 Å². The lowest BCUT2D eigenvalue weighted by atomic mass is 10.0. The lowest BCUT2D eigenvalue weighted by Gasteiger charge is -2.14. The molecule has 1 atom stereocenters. The van der Waals surface area contributed by atoms with Crippen molar-refractivity contribution in [3.05, 3.63) is 11.1 Å². The van der Waals surface area contributed by atoms with Crippen molar-refractivity contribution in [2.75, 3.05) is 13.2 Å². The van der Waals surface area contributed by atoms with Crippen LogP contribution in [0.2, 0.25) is 0 Å². The lowest BCUT2D eigenvalue weighted by molar-refractivity contribution is -0.139. The zero-order valence-corrected chi connectivity index (χ0v) is 12.4. The maximum absolute atomic E-state index is 11.8. The van der Waals surface area contributed by atoms with Crippen LogP contribution in [0.1, 0.15) is 59.3 Å². The van der Waals surface area contributed by atoms with Crippen molar-refractivity contribution in [3.63, 3.8) is 0 Å². The molecule has 0 bridgehead atoms. The number of rotatable bonds is 10. The molecule has 0 aliphatic rings. The van der Waals surface area contributed by atoms with E-state index in [4.69, 9.17) is 9.84 Å². The van der Waals surface area contributed by atoms with Gasteiger partial charge < -0.3 is 14.9 Å². The summed E-state index contributed by atoms with van der Waals surface area (Å²) in [5.74, 6) is -0.350. The normalized spacial score (nSPS) is 13.9. The number of aliphatic hydroxyl groups is 2. The lowest BCUT2D eigenvalue weighted by Crippen LogP contribution is -2.16. The molecular formula is C15H28O4. The Hall–Kier alpha value is -0.870. The van der Waals surface area contributed by atoms with E-state index in [0.29, 0.717) is 30.6 Å². The third kappa shape index (κ3) is 8.01. The number of hydrogen-bond acceptors (Lipinski definition) is 4. The fraction of sp³-hybridized carbons (Fsp3) is 0.800. The molecule has 0 amide bonds. The second-order valence-corrected chi connectivity index (χ2v) is 4.89. The summed E-state index contributed by atoms with van der Waals surface area (Å²) in [4.78, 5) is 11.8. The third-order valence-corrected chi connectivity index (χ3v) is 3.26. The highest BCUT2D eigenvalue weighted by Crippen LogP contribution is 2.14. The third-order valence-electron chi connectivity index (χ3n) is 3.26. The standard InChI is InChI=1S/C15H28O4/c1-4-5-6-7-11-19-15(18)13(3)12(2)14(17)9-8-10-16/h14,16-17H,4-11H2,1-3H3. The van der Waals surface area contributed by atoms with Crippen LogP contribution < -0.4 is 0 Å². The van der Waals surface area contributed by atoms with Crippen molar-refractivity contribution in [3.8, 4) is 0 Å². The van der Waals surface area contributed by atoms with Crippen LogP contribution in [0.4, 0.5) is 0 Å². The fourth-order valence-electron chi connectivity index (χ4n) is 1.71. The van der Waals surface area contributed by atoms with E-state index >= 15 is 0 Å². The Morgan fingerprint density at radius 2 is 1.84 bits per heavy atom. The number of carbonyl (C=O) groups excluding carboxylic acids is 1. The van der Waals surface area contributed by atoms with Crippen molar-refractivity contribution in [2.24, 2.45) is 0 Å². The number of carbonyl (C=O) groups is 1. The molecule has 4 heteroatoms. The van der Waals surface area contributed by atoms with Crippen LogP contribution in [0, 0.1) is 0 Å². The largest absolute Gasteiger partial charge is 0.462 e. The van der Waals surface area contributed by atoms with E-state index in [1.54, 1.807) is 13.8 Å². The number of hydrogen-bond donors (Lipinski definition) is 2. The van der Waals surface area contributed by atoms with Gasteiger partial charge in [-0.15, -0.1) is 0 Å². The molecule has 0 saturated carbocycles. The number of unbranched alkanes of at least 4 members (excludes halogenated alkanes) is 3. The molecule has 0 radical (unpaired) electrons. The zero-order valence-electron chi connectivity index (χ0n) is 12.4. The molecule has 1 unspecified atom stereocenters. The van der Waals surface area contributed by atoms with Gasteiger partial charge >= 0.3 is 5.97 Å². The van der Waals surface area contributed by atoms with Crippen molar-refractivity contribution < 1.29 is 19.7 Å². The molecule has 0 aromatic heterocycles. The van der Waals surface area contributed by atoms with Gasteiger partial charge in [0.25, 0.3) is 0 Å². The molecule has 112 valence electrons. The Kier molecular flexibility index (Phi) is 10.5. The average molecular weight is 272 g/mol. The minimum Gasteiger partial charge on any atom is -0.462 e. The average Bonchev–Trinajstić information content (AvgIpc) is 2.42. The first-order valence-electron chi connectivity index (χ1n) is 7.18. The van der Waals surface area contributed by atoms with Gasteiger partial charge in [-0.25, -0.2) is 4.79 Å². The van der Waals surface area contributed by atoms with Gasteiger partial charge in [-0.2, -0.15) is 0 Å². The molecule has 2 N–H and O–H groups in total. The summed E-state index contributed by atoms with van der Waals surface area (Å²) in [7, 11) is 0. The SMILES string of the molecule is CCCCCCOC(=O)C(C)=C(C)C(O)CCCO. The van der Waals surface area contributed by atoms with E-state index in [-0.39, 0.29) is 12.6 Å². The summed E-state index contributed by atoms with van der Waals surface area (Å²) in [6, 6.07) is 0. The Morgan fingerprint density at radius 3 is 2.42 bits per heavy atom. The summed E-state index contributed by atoms with van der Waals surface area (Å²) in [5, 5.41) is 18.5. The highest BCUT2D eigenvalue weighted by atomic mass is 16.5. The summed E-state index contributed by atoms with van der Waals surface area (Å²) >= 11 is 0. The molecule has 19 heavy (non-hydrogen) atoms. The molecule has 0 aliphatic heterocycles. The van der Waals surface area contributed by atoms with Gasteiger partial charge in [0.1, 0.15) is 0 Å². The Bertz CT molecular complexity index is 284. The van der Waals surface area contributed by atoms with E-state index in [1.165, 1.54) is 0 Å². The molecule has 0 spiro atoms. The highest BCUT2D eigenvalue weighted by Gasteiger charge is 2.15. The van der Waals surface area contributed by atoms with Crippen LogP contribution >= 0.6 is 0 Å². The molecule has 0 aromatic carbocycles. The molecule has 0 saturated heterocycles. The van der Waals surface area contributed by atoms with Gasteiger partial charge in [-0.1, -0.05) is 26.2 Å². The van der Waals surface area contributed by atoms with E-state index < -0.39 is 6.10 Å². The van der Waals surface area contributed by atoms with E-state index in [2.05, 4.69) is 6.92 Å². The van der Waals surface area contributed by atoms with Crippen LogP contribution in [-0.2, 0) is 9.53 Å². The molecule has 0 fully saturated rings. The van der Waals surface area contributed by atoms with Gasteiger partial charge in [-0.3, -0.25) is 0 Å². The minimum atomic E-state index is -0.681. The second-order valence-electron chi connectivity index (χ2n) is 4.89. The first-order chi connectivity index (χ1) is 9.04. The maximum atomic E-state index is 11.8. The minimum absolute atomic E-state index is 0.0469. The van der Waals surface area contributed by atoms with Gasteiger partial charge in [0, 0.05) is 12.2 Å². The quantitative estimate of drug-likeness (QED) is 0.364. The Labute approximate surface area is 116 Å². The molecular weight excluding hydrogens is 244 g/mol. The van der Waals surface area contributed by atoms with Crippen LogP contribution in [-0.4, -0.2) is 35.5 Å². The van der Waals surface area contributed by atoms with E-state index in [9.17, 15) is 9.90 Å². The zero-order chi connectivity index (χ0) is 14.7. The van der Waals surface area contributed by atoms with Gasteiger partial charge in [-0.05, 0) is 38.7 Å². The molecule has 0 aromatic rings. The summed E-state index contributed by atoms with van der Waals surface area (Å²) in [6.45, 7) is 6.03. The van der Waals surface area contributed by atoms with Crippen molar-refractivity contribution >= 4 is 5.97 Å². The van der Waals surface area contributed by atoms with Crippen molar-refractivity contribution in [1.29, 1.82) is 0 Å². The van der Waals surface area contributed by atoms with Gasteiger partial charge in [0.15, 0.2) is 0 Å². The predicted octanol–water partition coefficient (Wildman–Crippen LogP) is 2.58. The van der Waals surface area contributed by atoms with Gasteiger partial charge in [0.2, 0.25) is 0 Å². The summed E-state index contributed by atoms with van der Waals surface area (Å²) < 4.78 is 5.17. The molecule has 0 aliphatic carbocycles. The predicted molar refractivity (Wildman–Crippen MR) is 75.8 cm³/mol. The monoisotopic (exact) mass is 272 g/mol. The highest BCUT2D eigenvalue weighted by molar-refractivity contribution is 5.88. The van der Waals surface area contributed by atoms with Crippen LogP contribution in [0.5, 0.6) is 0 Å². The smallest absolute Gasteiger partial charge is 0.333 e. The second kappa shape index (κ2) is 11.0. The Morgan fingerprint density at radius 1 is 1.16 bits per heavy atom. The Balaban J connectivity index is 4.13. The van der Waals surface area contributed by atoms with Crippen LogP contribution in [0.15, 0.2) is 11.1 Å². The van der Waals surface area contributed by atoms with Gasteiger partial charge in [0.05, 0.1) is 12.7 Å². The number of ether oxygens (including phenoxy) is 1. The van der Waals surface area contributed by atoms with Crippen molar-refractivity contribution in [2.45, 2.75) is 65.4 Å². The first kappa shape index (κ1) is 18.1.